The molecular weight excluding hydrogens is 224 g/mol. The van der Waals surface area contributed by atoms with Crippen molar-refractivity contribution < 1.29 is 13.7 Å². The third kappa shape index (κ3) is 2.79. The van der Waals surface area contributed by atoms with Gasteiger partial charge in [0, 0.05) is 4.90 Å². The minimum absolute atomic E-state index is 0.216. The van der Waals surface area contributed by atoms with Gasteiger partial charge in [-0.25, -0.2) is 9.00 Å². The number of hydrogen-bond donors (Lipinski definition) is 0. The van der Waals surface area contributed by atoms with Crippen LogP contribution in [0.3, 0.4) is 0 Å². The molecule has 0 spiro atoms. The number of carbonyl (C=O) groups excluding carboxylic acids is 1. The lowest BCUT2D eigenvalue weighted by molar-refractivity contribution is -0.135. The summed E-state index contributed by atoms with van der Waals surface area (Å²) in [5, 5.41) is 0. The van der Waals surface area contributed by atoms with E-state index in [-0.39, 0.29) is 4.91 Å². The van der Waals surface area contributed by atoms with E-state index in [1.54, 1.807) is 38.1 Å². The summed E-state index contributed by atoms with van der Waals surface area (Å²) < 4.78 is 16.8. The molecular formula is C12H14O3S. The average molecular weight is 238 g/mol. The Labute approximate surface area is 97.6 Å². The van der Waals surface area contributed by atoms with E-state index in [4.69, 9.17) is 0 Å². The smallest absolute Gasteiger partial charge is 0.347 e. The molecule has 16 heavy (non-hydrogen) atoms. The Hall–Kier alpha value is -1.42. The summed E-state index contributed by atoms with van der Waals surface area (Å²) in [5.74, 6) is -0.540. The lowest BCUT2D eigenvalue weighted by Gasteiger charge is -2.07. The maximum atomic E-state index is 12.1. The molecule has 1 unspecified atom stereocenters. The highest BCUT2D eigenvalue weighted by Gasteiger charge is 2.20. The Morgan fingerprint density at radius 2 is 1.75 bits per heavy atom. The van der Waals surface area contributed by atoms with Gasteiger partial charge >= 0.3 is 5.97 Å². The second kappa shape index (κ2) is 5.61. The zero-order valence-corrected chi connectivity index (χ0v) is 10.3. The first-order chi connectivity index (χ1) is 7.57. The molecule has 0 fully saturated rings. The van der Waals surface area contributed by atoms with Crippen LogP contribution in [0.15, 0.2) is 45.7 Å². The van der Waals surface area contributed by atoms with Gasteiger partial charge in [-0.2, -0.15) is 0 Å². The molecule has 1 aromatic carbocycles. The van der Waals surface area contributed by atoms with E-state index >= 15 is 0 Å². The Morgan fingerprint density at radius 3 is 2.19 bits per heavy atom. The van der Waals surface area contributed by atoms with Crippen molar-refractivity contribution in [2.24, 2.45) is 0 Å². The predicted octanol–water partition coefficient (Wildman–Crippen LogP) is 2.26. The summed E-state index contributed by atoms with van der Waals surface area (Å²) in [7, 11) is -0.191. The van der Waals surface area contributed by atoms with Gasteiger partial charge in [0.1, 0.15) is 4.91 Å². The number of rotatable bonds is 3. The van der Waals surface area contributed by atoms with Crippen LogP contribution in [0.5, 0.6) is 0 Å². The van der Waals surface area contributed by atoms with Crippen molar-refractivity contribution in [2.75, 3.05) is 7.11 Å². The quantitative estimate of drug-likeness (QED) is 0.599. The number of benzene rings is 1. The minimum Gasteiger partial charge on any atom is -0.465 e. The maximum absolute atomic E-state index is 12.1. The molecule has 0 amide bonds. The normalized spacial score (nSPS) is 11.7. The Morgan fingerprint density at radius 1 is 1.19 bits per heavy atom. The molecule has 0 aromatic heterocycles. The topological polar surface area (TPSA) is 43.4 Å². The molecule has 0 bridgehead atoms. The van der Waals surface area contributed by atoms with E-state index in [1.807, 2.05) is 6.07 Å². The van der Waals surface area contributed by atoms with Gasteiger partial charge in [0.25, 0.3) is 0 Å². The lowest BCUT2D eigenvalue weighted by atomic mass is 10.3. The van der Waals surface area contributed by atoms with E-state index in [1.165, 1.54) is 7.11 Å². The first kappa shape index (κ1) is 12.6. The van der Waals surface area contributed by atoms with Crippen molar-refractivity contribution in [3.8, 4) is 0 Å². The summed E-state index contributed by atoms with van der Waals surface area (Å²) in [6.07, 6.45) is 0. The number of hydrogen-bond acceptors (Lipinski definition) is 3. The van der Waals surface area contributed by atoms with Crippen LogP contribution in [-0.4, -0.2) is 17.3 Å². The van der Waals surface area contributed by atoms with Crippen molar-refractivity contribution in [3.05, 3.63) is 40.8 Å². The van der Waals surface area contributed by atoms with E-state index in [2.05, 4.69) is 4.74 Å². The number of allylic oxidation sites excluding steroid dienone is 1. The summed E-state index contributed by atoms with van der Waals surface area (Å²) in [6, 6.07) is 8.85. The summed E-state index contributed by atoms with van der Waals surface area (Å²) in [6.45, 7) is 3.49. The molecule has 0 aliphatic rings. The molecule has 0 radical (unpaired) electrons. The molecule has 3 nitrogen and oxygen atoms in total. The minimum atomic E-state index is -1.48. The Bertz CT molecular complexity index is 431. The van der Waals surface area contributed by atoms with E-state index < -0.39 is 16.8 Å². The standard InChI is InChI=1S/C12H14O3S/c1-9(2)11(12(13)15-3)16(14)10-7-5-4-6-8-10/h4-8H,1-3H3. The number of esters is 1. The molecule has 1 aromatic rings. The predicted molar refractivity (Wildman–Crippen MR) is 63.2 cm³/mol. The van der Waals surface area contributed by atoms with Crippen molar-refractivity contribution in [1.29, 1.82) is 0 Å². The summed E-state index contributed by atoms with van der Waals surface area (Å²) in [4.78, 5) is 12.3. The molecule has 4 heteroatoms. The van der Waals surface area contributed by atoms with Gasteiger partial charge in [0.15, 0.2) is 0 Å². The molecule has 0 saturated carbocycles. The molecule has 0 heterocycles. The van der Waals surface area contributed by atoms with Gasteiger partial charge in [-0.05, 0) is 26.0 Å². The van der Waals surface area contributed by atoms with Crippen LogP contribution in [0, 0.1) is 0 Å². The zero-order chi connectivity index (χ0) is 12.1. The molecule has 0 aliphatic heterocycles. The van der Waals surface area contributed by atoms with Crippen molar-refractivity contribution in [2.45, 2.75) is 18.7 Å². The van der Waals surface area contributed by atoms with Crippen LogP contribution >= 0.6 is 0 Å². The summed E-state index contributed by atoms with van der Waals surface area (Å²) >= 11 is 0. The van der Waals surface area contributed by atoms with Gasteiger partial charge in [0.2, 0.25) is 0 Å². The molecule has 0 saturated heterocycles. The van der Waals surface area contributed by atoms with Crippen LogP contribution < -0.4 is 0 Å². The monoisotopic (exact) mass is 238 g/mol. The van der Waals surface area contributed by atoms with Gasteiger partial charge < -0.3 is 4.74 Å². The Balaban J connectivity index is 3.13. The van der Waals surface area contributed by atoms with E-state index in [0.29, 0.717) is 10.5 Å². The Kier molecular flexibility index (Phi) is 4.43. The molecule has 0 aliphatic carbocycles. The average Bonchev–Trinajstić information content (AvgIpc) is 2.29. The first-order valence-corrected chi connectivity index (χ1v) is 5.95. The fourth-order valence-electron chi connectivity index (χ4n) is 1.22. The fraction of sp³-hybridized carbons (Fsp3) is 0.250. The van der Waals surface area contributed by atoms with E-state index in [0.717, 1.165) is 0 Å². The second-order valence-corrected chi connectivity index (χ2v) is 4.82. The fourth-order valence-corrected chi connectivity index (χ4v) is 2.47. The largest absolute Gasteiger partial charge is 0.465 e. The molecule has 1 rings (SSSR count). The first-order valence-electron chi connectivity index (χ1n) is 4.80. The molecule has 86 valence electrons. The number of methoxy groups -OCH3 is 1. The molecule has 0 N–H and O–H groups in total. The van der Waals surface area contributed by atoms with Crippen molar-refractivity contribution >= 4 is 16.8 Å². The highest BCUT2D eigenvalue weighted by atomic mass is 32.2. The second-order valence-electron chi connectivity index (χ2n) is 3.40. The summed E-state index contributed by atoms with van der Waals surface area (Å²) in [5.41, 5.74) is 0.703. The highest BCUT2D eigenvalue weighted by molar-refractivity contribution is 7.90. The van der Waals surface area contributed by atoms with Crippen LogP contribution in [0.4, 0.5) is 0 Å². The van der Waals surface area contributed by atoms with Gasteiger partial charge in [0.05, 0.1) is 17.9 Å². The zero-order valence-electron chi connectivity index (χ0n) is 9.52. The highest BCUT2D eigenvalue weighted by Crippen LogP contribution is 2.18. The van der Waals surface area contributed by atoms with Gasteiger partial charge in [-0.15, -0.1) is 0 Å². The van der Waals surface area contributed by atoms with Gasteiger partial charge in [-0.3, -0.25) is 0 Å². The SMILES string of the molecule is COC(=O)C(=C(C)C)S(=O)c1ccccc1. The number of ether oxygens (including phenoxy) is 1. The lowest BCUT2D eigenvalue weighted by Crippen LogP contribution is -2.11. The maximum Gasteiger partial charge on any atom is 0.347 e. The van der Waals surface area contributed by atoms with Gasteiger partial charge in [-0.1, -0.05) is 23.8 Å². The van der Waals surface area contributed by atoms with Crippen LogP contribution in [0.1, 0.15) is 13.8 Å². The van der Waals surface area contributed by atoms with Crippen molar-refractivity contribution in [3.63, 3.8) is 0 Å². The molecule has 1 atom stereocenters. The third-order valence-electron chi connectivity index (χ3n) is 1.97. The van der Waals surface area contributed by atoms with E-state index in [9.17, 15) is 9.00 Å². The van der Waals surface area contributed by atoms with Crippen molar-refractivity contribution in [1.82, 2.24) is 0 Å². The van der Waals surface area contributed by atoms with Crippen LogP contribution in [0.25, 0.3) is 0 Å². The number of carbonyl (C=O) groups is 1. The van der Waals surface area contributed by atoms with Crippen LogP contribution in [0.2, 0.25) is 0 Å². The van der Waals surface area contributed by atoms with Crippen LogP contribution in [-0.2, 0) is 20.3 Å². The third-order valence-corrected chi connectivity index (χ3v) is 3.61.